The van der Waals surface area contributed by atoms with Gasteiger partial charge in [0.15, 0.2) is 0 Å². The summed E-state index contributed by atoms with van der Waals surface area (Å²) in [6.07, 6.45) is 0. The van der Waals surface area contributed by atoms with Crippen LogP contribution < -0.4 is 19.6 Å². The summed E-state index contributed by atoms with van der Waals surface area (Å²) in [5.41, 5.74) is 10.1. The second kappa shape index (κ2) is 7.86. The number of hydrogen-bond acceptors (Lipinski definition) is 5. The van der Waals surface area contributed by atoms with Crippen LogP contribution in [0.5, 0.6) is 0 Å². The quantitative estimate of drug-likeness (QED) is 0.371. The van der Waals surface area contributed by atoms with E-state index in [9.17, 15) is 5.26 Å². The summed E-state index contributed by atoms with van der Waals surface area (Å²) in [4.78, 5) is 9.31. The summed E-state index contributed by atoms with van der Waals surface area (Å²) in [5, 5.41) is 9.24. The van der Waals surface area contributed by atoms with E-state index in [2.05, 4.69) is 106 Å². The lowest BCUT2D eigenvalue weighted by molar-refractivity contribution is 0.940. The third-order valence-corrected chi connectivity index (χ3v) is 6.75. The third-order valence-electron chi connectivity index (χ3n) is 6.75. The number of rotatable bonds is 3. The van der Waals surface area contributed by atoms with E-state index < -0.39 is 0 Å². The van der Waals surface area contributed by atoms with Crippen LogP contribution in [0.3, 0.4) is 0 Å². The van der Waals surface area contributed by atoms with Crippen molar-refractivity contribution in [3.8, 4) is 17.2 Å². The maximum atomic E-state index is 9.24. The molecule has 34 heavy (non-hydrogen) atoms. The van der Waals surface area contributed by atoms with Crippen molar-refractivity contribution < 1.29 is 0 Å². The molecular formula is C29H25N5. The monoisotopic (exact) mass is 443 g/mol. The first-order valence-corrected chi connectivity index (χ1v) is 11.4. The van der Waals surface area contributed by atoms with Gasteiger partial charge in [-0.3, -0.25) is 0 Å². The largest absolute Gasteiger partial charge is 0.355 e. The van der Waals surface area contributed by atoms with Crippen LogP contribution >= 0.6 is 0 Å². The first-order valence-electron chi connectivity index (χ1n) is 11.4. The molecule has 5 nitrogen and oxygen atoms in total. The Bertz CT molecular complexity index is 1340. The molecule has 2 aliphatic heterocycles. The van der Waals surface area contributed by atoms with Crippen molar-refractivity contribution in [2.45, 2.75) is 0 Å². The van der Waals surface area contributed by atoms with Crippen LogP contribution in [0.1, 0.15) is 5.56 Å². The van der Waals surface area contributed by atoms with Gasteiger partial charge in [0.2, 0.25) is 0 Å². The molecule has 0 N–H and O–H groups in total. The van der Waals surface area contributed by atoms with Crippen molar-refractivity contribution in [1.29, 1.82) is 5.26 Å². The third kappa shape index (κ3) is 3.23. The number of benzene rings is 4. The second-order valence-electron chi connectivity index (χ2n) is 8.94. The van der Waals surface area contributed by atoms with E-state index in [1.54, 1.807) is 0 Å². The highest BCUT2D eigenvalue weighted by molar-refractivity contribution is 5.89. The van der Waals surface area contributed by atoms with Crippen molar-refractivity contribution in [3.05, 3.63) is 96.6 Å². The van der Waals surface area contributed by atoms with Crippen molar-refractivity contribution in [1.82, 2.24) is 0 Å². The van der Waals surface area contributed by atoms with Gasteiger partial charge in [0.05, 0.1) is 47.7 Å². The Hall–Kier alpha value is -4.43. The predicted molar refractivity (Wildman–Crippen MR) is 140 cm³/mol. The fraction of sp³-hybridized carbons (Fsp3) is 0.138. The number of para-hydroxylation sites is 4. The molecule has 4 aromatic carbocycles. The second-order valence-corrected chi connectivity index (χ2v) is 8.94. The van der Waals surface area contributed by atoms with Gasteiger partial charge in [-0.2, -0.15) is 5.26 Å². The van der Waals surface area contributed by atoms with Gasteiger partial charge in [0.1, 0.15) is 0 Å². The molecule has 4 aromatic rings. The van der Waals surface area contributed by atoms with Crippen LogP contribution in [0, 0.1) is 11.3 Å². The molecule has 0 aliphatic carbocycles. The maximum Gasteiger partial charge on any atom is 0.0991 e. The van der Waals surface area contributed by atoms with E-state index in [1.165, 1.54) is 22.7 Å². The zero-order valence-corrected chi connectivity index (χ0v) is 19.3. The summed E-state index contributed by atoms with van der Waals surface area (Å²) in [6, 6.07) is 34.0. The predicted octanol–water partition coefficient (Wildman–Crippen LogP) is 6.32. The molecule has 0 atom stereocenters. The summed E-state index contributed by atoms with van der Waals surface area (Å²) in [5.74, 6) is 0. The van der Waals surface area contributed by atoms with Gasteiger partial charge in [-0.25, -0.2) is 0 Å². The van der Waals surface area contributed by atoms with E-state index >= 15 is 0 Å². The molecule has 0 spiro atoms. The Morgan fingerprint density at radius 1 is 0.588 bits per heavy atom. The molecule has 0 aromatic heterocycles. The Morgan fingerprint density at radius 3 is 1.53 bits per heavy atom. The normalized spacial score (nSPS) is 14.3. The molecule has 0 fully saturated rings. The zero-order valence-electron chi connectivity index (χ0n) is 19.3. The summed E-state index contributed by atoms with van der Waals surface area (Å²) in [7, 11) is 4.27. The number of fused-ring (bicyclic) bond motifs is 2. The van der Waals surface area contributed by atoms with Crippen LogP contribution in [0.2, 0.25) is 0 Å². The molecule has 5 heteroatoms. The fourth-order valence-corrected chi connectivity index (χ4v) is 5.01. The van der Waals surface area contributed by atoms with Gasteiger partial charge in [-0.05, 0) is 65.7 Å². The molecule has 2 heterocycles. The number of anilines is 6. The van der Waals surface area contributed by atoms with E-state index in [0.29, 0.717) is 5.56 Å². The van der Waals surface area contributed by atoms with Crippen LogP contribution in [-0.2, 0) is 0 Å². The van der Waals surface area contributed by atoms with Crippen LogP contribution in [-0.4, -0.2) is 27.4 Å². The summed E-state index contributed by atoms with van der Waals surface area (Å²) < 4.78 is 0. The highest BCUT2D eigenvalue weighted by Gasteiger charge is 2.28. The Labute approximate surface area is 200 Å². The van der Waals surface area contributed by atoms with E-state index in [1.807, 2.05) is 24.3 Å². The minimum atomic E-state index is 0.672. The fourth-order valence-electron chi connectivity index (χ4n) is 5.01. The van der Waals surface area contributed by atoms with Crippen molar-refractivity contribution in [3.63, 3.8) is 0 Å². The molecule has 0 bridgehead atoms. The lowest BCUT2D eigenvalue weighted by Gasteiger charge is -2.25. The van der Waals surface area contributed by atoms with E-state index in [-0.39, 0.29) is 0 Å². The highest BCUT2D eigenvalue weighted by atomic mass is 15.4. The van der Waals surface area contributed by atoms with Crippen molar-refractivity contribution >= 4 is 34.1 Å². The summed E-state index contributed by atoms with van der Waals surface area (Å²) >= 11 is 0. The van der Waals surface area contributed by atoms with Gasteiger partial charge in [-0.15, -0.1) is 0 Å². The molecule has 166 valence electrons. The van der Waals surface area contributed by atoms with Crippen LogP contribution in [0.15, 0.2) is 91.0 Å². The molecule has 0 unspecified atom stereocenters. The van der Waals surface area contributed by atoms with Crippen LogP contribution in [0.25, 0.3) is 11.1 Å². The molecule has 0 radical (unpaired) electrons. The van der Waals surface area contributed by atoms with Gasteiger partial charge >= 0.3 is 0 Å². The topological polar surface area (TPSA) is 36.8 Å². The van der Waals surface area contributed by atoms with E-state index in [4.69, 9.17) is 0 Å². The first kappa shape index (κ1) is 20.2. The smallest absolute Gasteiger partial charge is 0.0991 e. The standard InChI is InChI=1S/C29H25N5/c1-31-19-33(28-9-5-3-7-26(28)31)24-15-23(22-13-11-21(18-30)12-14-22)16-25(17-24)34-20-32(2)27-8-4-6-10-29(27)34/h3-17H,19-20H2,1-2H3. The Morgan fingerprint density at radius 2 is 1.06 bits per heavy atom. The molecule has 2 aliphatic rings. The van der Waals surface area contributed by atoms with Gasteiger partial charge in [0, 0.05) is 25.5 Å². The SMILES string of the molecule is CN1CN(c2cc(-c3ccc(C#N)cc3)cc(N3CN(C)c4ccccc43)c2)c2ccccc21. The number of hydrogen-bond donors (Lipinski definition) is 0. The molecule has 0 saturated heterocycles. The van der Waals surface area contributed by atoms with Gasteiger partial charge < -0.3 is 19.6 Å². The molecule has 6 rings (SSSR count). The minimum absolute atomic E-state index is 0.672. The molecular weight excluding hydrogens is 418 g/mol. The minimum Gasteiger partial charge on any atom is -0.355 e. The Balaban J connectivity index is 1.51. The lowest BCUT2D eigenvalue weighted by atomic mass is 10.0. The average Bonchev–Trinajstić information content (AvgIpc) is 3.41. The van der Waals surface area contributed by atoms with Gasteiger partial charge in [-0.1, -0.05) is 36.4 Å². The van der Waals surface area contributed by atoms with Crippen molar-refractivity contribution in [2.24, 2.45) is 0 Å². The number of nitrogens with zero attached hydrogens (tertiary/aromatic N) is 5. The van der Waals surface area contributed by atoms with Crippen molar-refractivity contribution in [2.75, 3.05) is 47.0 Å². The highest BCUT2D eigenvalue weighted by Crippen LogP contribution is 2.45. The molecule has 0 amide bonds. The van der Waals surface area contributed by atoms with Crippen LogP contribution in [0.4, 0.5) is 34.1 Å². The maximum absolute atomic E-state index is 9.24. The number of nitriles is 1. The summed E-state index contributed by atoms with van der Waals surface area (Å²) in [6.45, 7) is 1.60. The zero-order chi connectivity index (χ0) is 23.2. The van der Waals surface area contributed by atoms with Gasteiger partial charge in [0.25, 0.3) is 0 Å². The molecule has 0 saturated carbocycles. The first-order chi connectivity index (χ1) is 16.6. The Kier molecular flexibility index (Phi) is 4.67. The average molecular weight is 444 g/mol. The van der Waals surface area contributed by atoms with E-state index in [0.717, 1.165) is 35.8 Å². The lowest BCUT2D eigenvalue weighted by Crippen LogP contribution is -2.25.